The lowest BCUT2D eigenvalue weighted by atomic mass is 9.98. The lowest BCUT2D eigenvalue weighted by molar-refractivity contribution is 0.0531. The van der Waals surface area contributed by atoms with Crippen LogP contribution in [0.5, 0.6) is 0 Å². The molecular weight excluding hydrogens is 447 g/mol. The molecule has 1 unspecified atom stereocenters. The first-order valence-corrected chi connectivity index (χ1v) is 11.0. The molecule has 1 atom stereocenters. The molecule has 2 aromatic heterocycles. The third-order valence-electron chi connectivity index (χ3n) is 5.43. The standard InChI is InChI=1S/C24H17FN2O5S/c1-3-31-23(30)21-12(2)26-24(33-21)27-18(13-8-4-6-10-15(13)25)17-19(28)14-9-5-7-11-16(14)32-20(17)22(27)29/h4-11,18H,3H2,1-2H3. The molecule has 4 aromatic rings. The number of para-hydroxylation sites is 1. The van der Waals surface area contributed by atoms with E-state index in [4.69, 9.17) is 9.15 Å². The van der Waals surface area contributed by atoms with Crippen molar-refractivity contribution in [3.05, 3.63) is 92.0 Å². The van der Waals surface area contributed by atoms with E-state index in [0.717, 1.165) is 11.3 Å². The molecule has 166 valence electrons. The van der Waals surface area contributed by atoms with Crippen molar-refractivity contribution < 1.29 is 23.1 Å². The molecule has 9 heteroatoms. The van der Waals surface area contributed by atoms with E-state index in [-0.39, 0.29) is 44.5 Å². The van der Waals surface area contributed by atoms with Crippen LogP contribution in [0.15, 0.2) is 57.7 Å². The maximum atomic E-state index is 14.9. The number of esters is 1. The van der Waals surface area contributed by atoms with Crippen LogP contribution in [0.4, 0.5) is 9.52 Å². The van der Waals surface area contributed by atoms with Crippen molar-refractivity contribution in [2.75, 3.05) is 11.5 Å². The molecule has 0 saturated heterocycles. The maximum Gasteiger partial charge on any atom is 0.350 e. The van der Waals surface area contributed by atoms with E-state index in [1.165, 1.54) is 23.1 Å². The van der Waals surface area contributed by atoms with Crippen LogP contribution in [-0.4, -0.2) is 23.5 Å². The first kappa shape index (κ1) is 21.0. The van der Waals surface area contributed by atoms with Crippen LogP contribution < -0.4 is 10.3 Å². The molecule has 1 amide bonds. The van der Waals surface area contributed by atoms with Crippen LogP contribution in [-0.2, 0) is 4.74 Å². The van der Waals surface area contributed by atoms with Gasteiger partial charge < -0.3 is 9.15 Å². The predicted octanol–water partition coefficient (Wildman–Crippen LogP) is 4.62. The molecule has 0 aliphatic carbocycles. The first-order chi connectivity index (χ1) is 15.9. The number of halogens is 1. The number of nitrogens with zero attached hydrogens (tertiary/aromatic N) is 2. The summed E-state index contributed by atoms with van der Waals surface area (Å²) >= 11 is 0.947. The van der Waals surface area contributed by atoms with Crippen LogP contribution in [0.1, 0.15) is 50.0 Å². The third kappa shape index (κ3) is 3.23. The van der Waals surface area contributed by atoms with Gasteiger partial charge in [-0.1, -0.05) is 41.7 Å². The summed E-state index contributed by atoms with van der Waals surface area (Å²) in [7, 11) is 0. The number of hydrogen-bond donors (Lipinski definition) is 0. The Bertz CT molecular complexity index is 1490. The van der Waals surface area contributed by atoms with Gasteiger partial charge >= 0.3 is 5.97 Å². The highest BCUT2D eigenvalue weighted by Gasteiger charge is 2.46. The molecule has 0 bridgehead atoms. The number of ether oxygens (including phenoxy) is 1. The Morgan fingerprint density at radius 3 is 2.67 bits per heavy atom. The highest BCUT2D eigenvalue weighted by Crippen LogP contribution is 2.43. The second-order valence-corrected chi connectivity index (χ2v) is 8.38. The maximum absolute atomic E-state index is 14.9. The van der Waals surface area contributed by atoms with Gasteiger partial charge in [0.05, 0.1) is 23.3 Å². The number of rotatable bonds is 4. The van der Waals surface area contributed by atoms with E-state index in [9.17, 15) is 18.8 Å². The first-order valence-electron chi connectivity index (χ1n) is 10.2. The number of benzene rings is 2. The van der Waals surface area contributed by atoms with Crippen LogP contribution in [0.25, 0.3) is 11.0 Å². The summed E-state index contributed by atoms with van der Waals surface area (Å²) < 4.78 is 25.9. The van der Waals surface area contributed by atoms with Crippen molar-refractivity contribution in [1.29, 1.82) is 0 Å². The second kappa shape index (κ2) is 7.93. The smallest absolute Gasteiger partial charge is 0.350 e. The van der Waals surface area contributed by atoms with Crippen LogP contribution in [0, 0.1) is 12.7 Å². The Morgan fingerprint density at radius 1 is 1.18 bits per heavy atom. The molecule has 0 N–H and O–H groups in total. The monoisotopic (exact) mass is 464 g/mol. The van der Waals surface area contributed by atoms with Crippen molar-refractivity contribution in [3.8, 4) is 0 Å². The second-order valence-electron chi connectivity index (χ2n) is 7.40. The number of aryl methyl sites for hydroxylation is 1. The van der Waals surface area contributed by atoms with Gasteiger partial charge in [0.2, 0.25) is 5.76 Å². The topological polar surface area (TPSA) is 89.7 Å². The fraction of sp³-hybridized carbons (Fsp3) is 0.167. The minimum absolute atomic E-state index is 0.0364. The van der Waals surface area contributed by atoms with Crippen molar-refractivity contribution in [3.63, 3.8) is 0 Å². The normalized spacial score (nSPS) is 15.2. The number of amides is 1. The van der Waals surface area contributed by atoms with E-state index in [0.29, 0.717) is 5.69 Å². The number of fused-ring (bicyclic) bond motifs is 2. The van der Waals surface area contributed by atoms with Crippen LogP contribution >= 0.6 is 11.3 Å². The largest absolute Gasteiger partial charge is 0.462 e. The molecule has 1 aliphatic rings. The zero-order chi connectivity index (χ0) is 23.3. The minimum atomic E-state index is -1.10. The highest BCUT2D eigenvalue weighted by atomic mass is 32.1. The Morgan fingerprint density at radius 2 is 1.91 bits per heavy atom. The van der Waals surface area contributed by atoms with Gasteiger partial charge in [0.15, 0.2) is 10.6 Å². The summed E-state index contributed by atoms with van der Waals surface area (Å²) in [6.07, 6.45) is 0. The zero-order valence-electron chi connectivity index (χ0n) is 17.6. The molecule has 0 saturated carbocycles. The van der Waals surface area contributed by atoms with Gasteiger partial charge in [0.25, 0.3) is 5.91 Å². The van der Waals surface area contributed by atoms with E-state index in [2.05, 4.69) is 4.98 Å². The van der Waals surface area contributed by atoms with E-state index >= 15 is 0 Å². The molecular formula is C24H17FN2O5S. The predicted molar refractivity (Wildman–Crippen MR) is 120 cm³/mol. The quantitative estimate of drug-likeness (QED) is 0.409. The van der Waals surface area contributed by atoms with Crippen LogP contribution in [0.3, 0.4) is 0 Å². The van der Waals surface area contributed by atoms with Crippen molar-refractivity contribution in [2.24, 2.45) is 0 Å². The van der Waals surface area contributed by atoms with Crippen molar-refractivity contribution >= 4 is 39.3 Å². The molecule has 0 fully saturated rings. The van der Waals surface area contributed by atoms with Crippen molar-refractivity contribution in [2.45, 2.75) is 19.9 Å². The molecule has 33 heavy (non-hydrogen) atoms. The average Bonchev–Trinajstić information content (AvgIpc) is 3.32. The Labute approximate surface area is 191 Å². The van der Waals surface area contributed by atoms with Gasteiger partial charge in [-0.15, -0.1) is 0 Å². The number of carbonyl (C=O) groups excluding carboxylic acids is 2. The molecule has 1 aliphatic heterocycles. The van der Waals surface area contributed by atoms with Gasteiger partial charge in [-0.2, -0.15) is 0 Å². The number of aromatic nitrogens is 1. The van der Waals surface area contributed by atoms with E-state index < -0.39 is 29.2 Å². The Kier molecular flexibility index (Phi) is 5.05. The number of hydrogen-bond acceptors (Lipinski definition) is 7. The summed E-state index contributed by atoms with van der Waals surface area (Å²) in [4.78, 5) is 45.1. The molecule has 0 radical (unpaired) electrons. The fourth-order valence-electron chi connectivity index (χ4n) is 3.98. The molecule has 2 aromatic carbocycles. The minimum Gasteiger partial charge on any atom is -0.462 e. The summed E-state index contributed by atoms with van der Waals surface area (Å²) in [5.74, 6) is -1.95. The molecule has 0 spiro atoms. The van der Waals surface area contributed by atoms with Crippen molar-refractivity contribution in [1.82, 2.24) is 4.98 Å². The van der Waals surface area contributed by atoms with E-state index in [1.54, 1.807) is 44.2 Å². The average molecular weight is 464 g/mol. The highest BCUT2D eigenvalue weighted by molar-refractivity contribution is 7.17. The van der Waals surface area contributed by atoms with Gasteiger partial charge in [-0.3, -0.25) is 14.5 Å². The number of thiazole rings is 1. The number of anilines is 1. The third-order valence-corrected chi connectivity index (χ3v) is 6.57. The summed E-state index contributed by atoms with van der Waals surface area (Å²) in [5, 5.41) is 0.429. The van der Waals surface area contributed by atoms with Gasteiger partial charge in [0.1, 0.15) is 22.3 Å². The summed E-state index contributed by atoms with van der Waals surface area (Å²) in [6, 6.07) is 11.4. The Balaban J connectivity index is 1.77. The van der Waals surface area contributed by atoms with Gasteiger partial charge in [0, 0.05) is 5.56 Å². The molecule has 3 heterocycles. The molecule has 5 rings (SSSR count). The Hall–Kier alpha value is -3.85. The van der Waals surface area contributed by atoms with Gasteiger partial charge in [-0.25, -0.2) is 14.2 Å². The fourth-order valence-corrected chi connectivity index (χ4v) is 4.97. The van der Waals surface area contributed by atoms with Crippen LogP contribution in [0.2, 0.25) is 0 Å². The lowest BCUT2D eigenvalue weighted by Gasteiger charge is -2.22. The molecule has 7 nitrogen and oxygen atoms in total. The van der Waals surface area contributed by atoms with E-state index in [1.807, 2.05) is 0 Å². The number of carbonyl (C=O) groups is 2. The van der Waals surface area contributed by atoms with Gasteiger partial charge in [-0.05, 0) is 32.0 Å². The SMILES string of the molecule is CCOC(=O)c1sc(N2C(=O)c3oc4ccccc4c(=O)c3C2c2ccccc2F)nc1C. The zero-order valence-corrected chi connectivity index (χ0v) is 18.4. The summed E-state index contributed by atoms with van der Waals surface area (Å²) in [5.41, 5.74) is 0.363. The summed E-state index contributed by atoms with van der Waals surface area (Å²) in [6.45, 7) is 3.49. The lowest BCUT2D eigenvalue weighted by Crippen LogP contribution is -2.30.